The van der Waals surface area contributed by atoms with E-state index in [2.05, 4.69) is 11.2 Å². The third-order valence-electron chi connectivity index (χ3n) is 4.11. The Morgan fingerprint density at radius 1 is 1.42 bits per heavy atom. The molecule has 1 aromatic heterocycles. The highest BCUT2D eigenvalue weighted by Crippen LogP contribution is 2.33. The highest BCUT2D eigenvalue weighted by molar-refractivity contribution is 5.92. The number of carbonyl (C=O) groups excluding carboxylic acids is 2. The van der Waals surface area contributed by atoms with Gasteiger partial charge in [0, 0.05) is 19.3 Å². The zero-order valence-corrected chi connectivity index (χ0v) is 14.3. The van der Waals surface area contributed by atoms with Crippen LogP contribution in [-0.2, 0) is 10.3 Å². The largest absolute Gasteiger partial charge is 0.444 e. The van der Waals surface area contributed by atoms with Gasteiger partial charge < -0.3 is 15.4 Å². The van der Waals surface area contributed by atoms with E-state index in [1.165, 1.54) is 6.20 Å². The normalized spacial score (nSPS) is 17.2. The SMILES string of the molecule is CC(C)(C)OC(=O)N1CCC(CC#N)(n2cc(C(N)=O)cn2)CC1. The summed E-state index contributed by atoms with van der Waals surface area (Å²) < 4.78 is 7.03. The second kappa shape index (κ2) is 6.51. The third kappa shape index (κ3) is 3.85. The van der Waals surface area contributed by atoms with Gasteiger partial charge in [0.15, 0.2) is 0 Å². The summed E-state index contributed by atoms with van der Waals surface area (Å²) in [5, 5.41) is 13.4. The maximum atomic E-state index is 12.2. The number of primary amides is 1. The predicted octanol–water partition coefficient (Wildman–Crippen LogP) is 1.62. The molecule has 8 heteroatoms. The molecule has 2 rings (SSSR count). The number of nitrogens with zero attached hydrogens (tertiary/aromatic N) is 4. The van der Waals surface area contributed by atoms with E-state index in [1.54, 1.807) is 15.8 Å². The van der Waals surface area contributed by atoms with E-state index in [4.69, 9.17) is 10.5 Å². The maximum absolute atomic E-state index is 12.2. The Kier molecular flexibility index (Phi) is 4.83. The smallest absolute Gasteiger partial charge is 0.410 e. The Bertz CT molecular complexity index is 660. The summed E-state index contributed by atoms with van der Waals surface area (Å²) in [6.07, 6.45) is 3.98. The first-order chi connectivity index (χ1) is 11.2. The molecule has 0 aromatic carbocycles. The van der Waals surface area contributed by atoms with Gasteiger partial charge in [-0.05, 0) is 33.6 Å². The van der Waals surface area contributed by atoms with Crippen molar-refractivity contribution >= 4 is 12.0 Å². The number of aromatic nitrogens is 2. The van der Waals surface area contributed by atoms with Crippen LogP contribution in [0, 0.1) is 11.3 Å². The molecule has 0 spiro atoms. The van der Waals surface area contributed by atoms with Crippen LogP contribution in [0.5, 0.6) is 0 Å². The molecule has 1 aliphatic rings. The highest BCUT2D eigenvalue weighted by atomic mass is 16.6. The standard InChI is InChI=1S/C16H23N5O3/c1-15(2,3)24-14(23)20-8-5-16(4-7-17,6-9-20)21-11-12(10-19-21)13(18)22/h10-11H,4-6,8-9H2,1-3H3,(H2,18,22). The second-order valence-electron chi connectivity index (χ2n) is 7.06. The van der Waals surface area contributed by atoms with Crippen molar-refractivity contribution in [3.63, 3.8) is 0 Å². The summed E-state index contributed by atoms with van der Waals surface area (Å²) in [6, 6.07) is 2.19. The molecule has 0 saturated carbocycles. The number of piperidine rings is 1. The van der Waals surface area contributed by atoms with Crippen molar-refractivity contribution in [2.45, 2.75) is 51.2 Å². The van der Waals surface area contributed by atoms with Crippen LogP contribution < -0.4 is 5.73 Å². The zero-order valence-electron chi connectivity index (χ0n) is 14.3. The number of hydrogen-bond acceptors (Lipinski definition) is 5. The van der Waals surface area contributed by atoms with Crippen molar-refractivity contribution < 1.29 is 14.3 Å². The van der Waals surface area contributed by atoms with Gasteiger partial charge in [0.25, 0.3) is 5.91 Å². The molecule has 1 fully saturated rings. The number of nitriles is 1. The Hall–Kier alpha value is -2.56. The average Bonchev–Trinajstić information content (AvgIpc) is 2.97. The molecule has 1 saturated heterocycles. The first-order valence-corrected chi connectivity index (χ1v) is 7.87. The van der Waals surface area contributed by atoms with Crippen LogP contribution >= 0.6 is 0 Å². The van der Waals surface area contributed by atoms with E-state index in [0.717, 1.165) is 0 Å². The van der Waals surface area contributed by atoms with Crippen molar-refractivity contribution in [3.05, 3.63) is 18.0 Å². The number of hydrogen-bond donors (Lipinski definition) is 1. The number of rotatable bonds is 3. The number of nitrogens with two attached hydrogens (primary N) is 1. The Morgan fingerprint density at radius 2 is 2.04 bits per heavy atom. The van der Waals surface area contributed by atoms with Crippen molar-refractivity contribution in [2.75, 3.05) is 13.1 Å². The summed E-state index contributed by atoms with van der Waals surface area (Å²) in [7, 11) is 0. The van der Waals surface area contributed by atoms with Crippen molar-refractivity contribution in [3.8, 4) is 6.07 Å². The summed E-state index contributed by atoms with van der Waals surface area (Å²) in [6.45, 7) is 6.39. The minimum atomic E-state index is -0.556. The van der Waals surface area contributed by atoms with Gasteiger partial charge in [0.1, 0.15) is 5.60 Å². The van der Waals surface area contributed by atoms with Crippen LogP contribution in [0.3, 0.4) is 0 Å². The maximum Gasteiger partial charge on any atom is 0.410 e. The molecule has 0 radical (unpaired) electrons. The van der Waals surface area contributed by atoms with Crippen molar-refractivity contribution in [1.29, 1.82) is 5.26 Å². The molecule has 1 aliphatic heterocycles. The van der Waals surface area contributed by atoms with E-state index in [-0.39, 0.29) is 12.5 Å². The van der Waals surface area contributed by atoms with Crippen LogP contribution in [0.2, 0.25) is 0 Å². The molecular formula is C16H23N5O3. The molecule has 24 heavy (non-hydrogen) atoms. The lowest BCUT2D eigenvalue weighted by Gasteiger charge is -2.40. The molecule has 130 valence electrons. The second-order valence-corrected chi connectivity index (χ2v) is 7.06. The third-order valence-corrected chi connectivity index (χ3v) is 4.11. The zero-order chi connectivity index (χ0) is 18.0. The molecule has 0 aliphatic carbocycles. The molecule has 0 atom stereocenters. The fraction of sp³-hybridized carbons (Fsp3) is 0.625. The van der Waals surface area contributed by atoms with Crippen molar-refractivity contribution in [1.82, 2.24) is 14.7 Å². The first-order valence-electron chi connectivity index (χ1n) is 7.87. The van der Waals surface area contributed by atoms with Gasteiger partial charge in [-0.2, -0.15) is 10.4 Å². The Morgan fingerprint density at radius 3 is 2.50 bits per heavy atom. The van der Waals surface area contributed by atoms with E-state index in [1.807, 2.05) is 20.8 Å². The van der Waals surface area contributed by atoms with E-state index in [0.29, 0.717) is 31.5 Å². The Balaban J connectivity index is 2.13. The van der Waals surface area contributed by atoms with Crippen LogP contribution in [0.25, 0.3) is 0 Å². The fourth-order valence-corrected chi connectivity index (χ4v) is 2.78. The van der Waals surface area contributed by atoms with Crippen LogP contribution in [0.15, 0.2) is 12.4 Å². The van der Waals surface area contributed by atoms with Crippen LogP contribution in [0.1, 0.15) is 50.4 Å². The minimum Gasteiger partial charge on any atom is -0.444 e. The number of amides is 2. The molecule has 0 bridgehead atoms. The van der Waals surface area contributed by atoms with Gasteiger partial charge in [-0.1, -0.05) is 0 Å². The van der Waals surface area contributed by atoms with Gasteiger partial charge in [0.05, 0.1) is 29.8 Å². The van der Waals surface area contributed by atoms with Gasteiger partial charge >= 0.3 is 6.09 Å². The molecule has 2 amide bonds. The topological polar surface area (TPSA) is 114 Å². The van der Waals surface area contributed by atoms with Crippen molar-refractivity contribution in [2.24, 2.45) is 5.73 Å². The van der Waals surface area contributed by atoms with Gasteiger partial charge in [-0.3, -0.25) is 9.48 Å². The first kappa shape index (κ1) is 17.8. The molecule has 0 unspecified atom stereocenters. The quantitative estimate of drug-likeness (QED) is 0.902. The lowest BCUT2D eigenvalue weighted by atomic mass is 9.85. The van der Waals surface area contributed by atoms with E-state index >= 15 is 0 Å². The predicted molar refractivity (Wildman–Crippen MR) is 86.0 cm³/mol. The molecule has 1 aromatic rings. The summed E-state index contributed by atoms with van der Waals surface area (Å²) in [5.41, 5.74) is 4.49. The molecular weight excluding hydrogens is 310 g/mol. The van der Waals surface area contributed by atoms with Gasteiger partial charge in [0.2, 0.25) is 0 Å². The summed E-state index contributed by atoms with van der Waals surface area (Å²) in [5.74, 6) is -0.556. The monoisotopic (exact) mass is 333 g/mol. The summed E-state index contributed by atoms with van der Waals surface area (Å²) >= 11 is 0. The molecule has 8 nitrogen and oxygen atoms in total. The van der Waals surface area contributed by atoms with Gasteiger partial charge in [-0.15, -0.1) is 0 Å². The number of carbonyl (C=O) groups is 2. The molecule has 2 N–H and O–H groups in total. The number of likely N-dealkylation sites (tertiary alicyclic amines) is 1. The van der Waals surface area contributed by atoms with E-state index in [9.17, 15) is 14.9 Å². The Labute approximate surface area is 141 Å². The van der Waals surface area contributed by atoms with E-state index < -0.39 is 17.0 Å². The summed E-state index contributed by atoms with van der Waals surface area (Å²) in [4.78, 5) is 25.1. The minimum absolute atomic E-state index is 0.245. The van der Waals surface area contributed by atoms with Crippen LogP contribution in [-0.4, -0.2) is 45.4 Å². The van der Waals surface area contributed by atoms with Crippen LogP contribution in [0.4, 0.5) is 4.79 Å². The fourth-order valence-electron chi connectivity index (χ4n) is 2.78. The lowest BCUT2D eigenvalue weighted by molar-refractivity contribution is 0.0105. The average molecular weight is 333 g/mol. The molecule has 2 heterocycles. The van der Waals surface area contributed by atoms with Gasteiger partial charge in [-0.25, -0.2) is 4.79 Å². The highest BCUT2D eigenvalue weighted by Gasteiger charge is 2.39. The lowest BCUT2D eigenvalue weighted by Crippen LogP contribution is -2.49. The number of ether oxygens (including phenoxy) is 1.